The summed E-state index contributed by atoms with van der Waals surface area (Å²) < 4.78 is 52.0. The van der Waals surface area contributed by atoms with Crippen molar-refractivity contribution in [3.8, 4) is 29.4 Å². The van der Waals surface area contributed by atoms with Crippen LogP contribution in [0.25, 0.3) is 16.5 Å². The van der Waals surface area contributed by atoms with Gasteiger partial charge < -0.3 is 24.8 Å². The Labute approximate surface area is 219 Å². The summed E-state index contributed by atoms with van der Waals surface area (Å²) >= 11 is 0. The molecule has 0 radical (unpaired) electrons. The Morgan fingerprint density at radius 1 is 1.13 bits per heavy atom. The van der Waals surface area contributed by atoms with Crippen LogP contribution in [0.4, 0.5) is 13.2 Å². The number of alkyl halides is 3. The second-order valence-corrected chi connectivity index (χ2v) is 9.78. The highest BCUT2D eigenvalue weighted by atomic mass is 19.4. The molecule has 3 N–H and O–H groups in total. The molecule has 0 saturated carbocycles. The summed E-state index contributed by atoms with van der Waals surface area (Å²) in [6, 6.07) is 13.1. The average Bonchev–Trinajstić information content (AvgIpc) is 3.44. The van der Waals surface area contributed by atoms with Gasteiger partial charge in [-0.15, -0.1) is 0 Å². The number of hydrogen-bond acceptors (Lipinski definition) is 8. The molecule has 4 aromatic rings. The molecular formula is C27H21F3N4O5. The molecule has 2 bridgehead atoms. The first-order valence-electron chi connectivity index (χ1n) is 12.0. The van der Waals surface area contributed by atoms with E-state index in [-0.39, 0.29) is 48.2 Å². The molecule has 0 spiro atoms. The van der Waals surface area contributed by atoms with Crippen LogP contribution < -0.4 is 4.74 Å². The van der Waals surface area contributed by atoms with Crippen LogP contribution in [0, 0.1) is 11.3 Å². The summed E-state index contributed by atoms with van der Waals surface area (Å²) in [6.07, 6.45) is -4.86. The molecule has 9 nitrogen and oxygen atoms in total. The number of aromatic hydroxyl groups is 2. The standard InChI is InChI=1S/C27H21F3N4O5/c1-25-19(35)11-26(39-25,8-9-38-20-10-18(27(28,29)30)32-13-33-20)22-21(25)23(36)34(24(22)37)17-7-6-14(12-31)15-4-2-3-5-16(15)17/h2-7,10,13,19,35-37H,8-9,11H2,1H3/t19-,25-,26+/m0/s1. The van der Waals surface area contributed by atoms with Crippen molar-refractivity contribution in [2.45, 2.75) is 43.2 Å². The van der Waals surface area contributed by atoms with E-state index in [0.717, 1.165) is 6.33 Å². The van der Waals surface area contributed by atoms with Gasteiger partial charge in [0.05, 0.1) is 41.2 Å². The Kier molecular flexibility index (Phi) is 5.33. The average molecular weight is 538 g/mol. The van der Waals surface area contributed by atoms with Crippen molar-refractivity contribution in [1.29, 1.82) is 5.26 Å². The smallest absolute Gasteiger partial charge is 0.433 e. The van der Waals surface area contributed by atoms with Gasteiger partial charge in [0.1, 0.15) is 17.5 Å². The largest absolute Gasteiger partial charge is 0.494 e. The highest BCUT2D eigenvalue weighted by Crippen LogP contribution is 2.65. The van der Waals surface area contributed by atoms with E-state index in [2.05, 4.69) is 16.0 Å². The summed E-state index contributed by atoms with van der Waals surface area (Å²) in [5.41, 5.74) is -2.48. The number of rotatable bonds is 5. The van der Waals surface area contributed by atoms with Crippen LogP contribution in [-0.4, -0.2) is 42.6 Å². The number of benzene rings is 2. The third-order valence-electron chi connectivity index (χ3n) is 7.59. The fourth-order valence-electron chi connectivity index (χ4n) is 5.82. The molecule has 1 saturated heterocycles. The molecule has 1 fully saturated rings. The molecule has 3 atom stereocenters. The molecule has 2 aromatic carbocycles. The van der Waals surface area contributed by atoms with Gasteiger partial charge in [-0.2, -0.15) is 18.4 Å². The molecule has 12 heteroatoms. The third kappa shape index (κ3) is 3.54. The quantitative estimate of drug-likeness (QED) is 0.341. The minimum Gasteiger partial charge on any atom is -0.494 e. The number of ether oxygens (including phenoxy) is 2. The number of fused-ring (bicyclic) bond motifs is 6. The van der Waals surface area contributed by atoms with Crippen LogP contribution in [0.1, 0.15) is 42.1 Å². The normalized spacial score (nSPS) is 23.6. The van der Waals surface area contributed by atoms with E-state index in [0.29, 0.717) is 28.1 Å². The van der Waals surface area contributed by atoms with Gasteiger partial charge in [-0.3, -0.25) is 4.57 Å². The number of aliphatic hydroxyl groups is 1. The fourth-order valence-corrected chi connectivity index (χ4v) is 5.82. The van der Waals surface area contributed by atoms with Crippen LogP contribution in [-0.2, 0) is 22.1 Å². The molecule has 2 aromatic heterocycles. The predicted molar refractivity (Wildman–Crippen MR) is 129 cm³/mol. The van der Waals surface area contributed by atoms with Crippen molar-refractivity contribution in [1.82, 2.24) is 14.5 Å². The first-order valence-corrected chi connectivity index (χ1v) is 12.0. The molecule has 2 aliphatic heterocycles. The SMILES string of the molecule is C[C@]12O[C@](CCOc3cc(C(F)(F)F)ncn3)(C[C@@H]1O)c1c2c(O)n(-c2ccc(C#N)c3ccccc23)c1O. The number of aromatic nitrogens is 3. The van der Waals surface area contributed by atoms with Gasteiger partial charge in [-0.25, -0.2) is 9.97 Å². The Balaban J connectivity index is 1.40. The van der Waals surface area contributed by atoms with E-state index < -0.39 is 29.2 Å². The number of hydrogen-bond donors (Lipinski definition) is 3. The fraction of sp³-hybridized carbons (Fsp3) is 0.296. The minimum atomic E-state index is -4.66. The zero-order valence-electron chi connectivity index (χ0n) is 20.4. The molecule has 2 aliphatic rings. The van der Waals surface area contributed by atoms with Crippen LogP contribution in [0.3, 0.4) is 0 Å². The Bertz CT molecular complexity index is 1680. The van der Waals surface area contributed by atoms with Crippen LogP contribution in [0.2, 0.25) is 0 Å². The third-order valence-corrected chi connectivity index (χ3v) is 7.59. The number of halogens is 3. The lowest BCUT2D eigenvalue weighted by molar-refractivity contribution is -0.141. The summed E-state index contributed by atoms with van der Waals surface area (Å²) in [6.45, 7) is 1.44. The molecule has 200 valence electrons. The highest BCUT2D eigenvalue weighted by Gasteiger charge is 2.66. The number of aliphatic hydroxyl groups excluding tert-OH is 1. The summed E-state index contributed by atoms with van der Waals surface area (Å²) in [4.78, 5) is 6.94. The number of nitrogens with zero attached hydrogens (tertiary/aromatic N) is 4. The summed E-state index contributed by atoms with van der Waals surface area (Å²) in [5, 5.41) is 44.6. The second kappa shape index (κ2) is 8.33. The van der Waals surface area contributed by atoms with Gasteiger partial charge in [-0.1, -0.05) is 24.3 Å². The Hall–Kier alpha value is -4.34. The zero-order valence-corrected chi connectivity index (χ0v) is 20.4. The van der Waals surface area contributed by atoms with Crippen molar-refractivity contribution >= 4 is 10.8 Å². The zero-order chi connectivity index (χ0) is 27.7. The molecule has 4 heterocycles. The molecule has 6 rings (SSSR count). The van der Waals surface area contributed by atoms with E-state index in [9.17, 15) is 33.8 Å². The van der Waals surface area contributed by atoms with E-state index in [1.807, 2.05) is 0 Å². The van der Waals surface area contributed by atoms with Crippen LogP contribution >= 0.6 is 0 Å². The first-order chi connectivity index (χ1) is 18.5. The van der Waals surface area contributed by atoms with E-state index in [4.69, 9.17) is 9.47 Å². The summed E-state index contributed by atoms with van der Waals surface area (Å²) in [5.74, 6) is -0.927. The maximum atomic E-state index is 13.0. The lowest BCUT2D eigenvalue weighted by atomic mass is 9.76. The van der Waals surface area contributed by atoms with Gasteiger partial charge in [0.2, 0.25) is 17.6 Å². The topological polar surface area (TPSA) is 134 Å². The van der Waals surface area contributed by atoms with Crippen molar-refractivity contribution in [2.24, 2.45) is 0 Å². The van der Waals surface area contributed by atoms with Crippen LogP contribution in [0.15, 0.2) is 48.8 Å². The Morgan fingerprint density at radius 2 is 1.85 bits per heavy atom. The van der Waals surface area contributed by atoms with Gasteiger partial charge >= 0.3 is 6.18 Å². The van der Waals surface area contributed by atoms with E-state index in [1.54, 1.807) is 43.3 Å². The second-order valence-electron chi connectivity index (χ2n) is 9.78. The van der Waals surface area contributed by atoms with Gasteiger partial charge in [0.25, 0.3) is 0 Å². The highest BCUT2D eigenvalue weighted by molar-refractivity contribution is 5.95. The predicted octanol–water partition coefficient (Wildman–Crippen LogP) is 4.40. The Morgan fingerprint density at radius 3 is 2.56 bits per heavy atom. The summed E-state index contributed by atoms with van der Waals surface area (Å²) in [7, 11) is 0. The molecule has 0 aliphatic carbocycles. The first kappa shape index (κ1) is 25.0. The maximum Gasteiger partial charge on any atom is 0.433 e. The van der Waals surface area contributed by atoms with Crippen molar-refractivity contribution in [3.63, 3.8) is 0 Å². The van der Waals surface area contributed by atoms with Gasteiger partial charge in [0, 0.05) is 29.7 Å². The molecule has 39 heavy (non-hydrogen) atoms. The lowest BCUT2D eigenvalue weighted by Crippen LogP contribution is -2.33. The minimum absolute atomic E-state index is 0.0309. The maximum absolute atomic E-state index is 13.0. The van der Waals surface area contributed by atoms with Gasteiger partial charge in [-0.05, 0) is 19.1 Å². The van der Waals surface area contributed by atoms with Gasteiger partial charge in [0.15, 0.2) is 5.69 Å². The molecule has 0 amide bonds. The van der Waals surface area contributed by atoms with E-state index >= 15 is 0 Å². The van der Waals surface area contributed by atoms with Crippen molar-refractivity contribution in [2.75, 3.05) is 6.61 Å². The number of nitriles is 1. The van der Waals surface area contributed by atoms with Crippen molar-refractivity contribution in [3.05, 3.63) is 71.2 Å². The lowest BCUT2D eigenvalue weighted by Gasteiger charge is -2.26. The van der Waals surface area contributed by atoms with Crippen molar-refractivity contribution < 1.29 is 38.0 Å². The molecular weight excluding hydrogens is 517 g/mol. The van der Waals surface area contributed by atoms with Crippen LogP contribution in [0.5, 0.6) is 17.6 Å². The monoisotopic (exact) mass is 538 g/mol. The molecule has 0 unspecified atom stereocenters. The van der Waals surface area contributed by atoms with E-state index in [1.165, 1.54) is 4.57 Å².